The molecule has 6 rings (SSSR count). The lowest BCUT2D eigenvalue weighted by molar-refractivity contribution is -0.284. The zero-order valence-electron chi connectivity index (χ0n) is 28.6. The van der Waals surface area contributed by atoms with E-state index in [-0.39, 0.29) is 52.5 Å². The van der Waals surface area contributed by atoms with E-state index in [1.807, 2.05) is 17.0 Å². The number of nitrogens with zero attached hydrogens (tertiary/aromatic N) is 3. The van der Waals surface area contributed by atoms with Crippen molar-refractivity contribution in [2.24, 2.45) is 28.3 Å². The molecule has 8 nitrogen and oxygen atoms in total. The number of alkyl halides is 5. The molecule has 2 saturated heterocycles. The molecule has 1 unspecified atom stereocenters. The van der Waals surface area contributed by atoms with Crippen LogP contribution in [0.4, 0.5) is 26.7 Å². The number of fused-ring (bicyclic) bond motifs is 5. The Morgan fingerprint density at radius 2 is 1.80 bits per heavy atom. The van der Waals surface area contributed by atoms with Crippen molar-refractivity contribution in [2.75, 3.05) is 31.1 Å². The van der Waals surface area contributed by atoms with Crippen molar-refractivity contribution in [3.8, 4) is 5.75 Å². The van der Waals surface area contributed by atoms with Gasteiger partial charge in [-0.2, -0.15) is 22.0 Å². The fourth-order valence-corrected chi connectivity index (χ4v) is 11.0. The zero-order valence-corrected chi connectivity index (χ0v) is 29.4. The summed E-state index contributed by atoms with van der Waals surface area (Å²) in [5.74, 6) is -3.11. The molecule has 0 spiro atoms. The van der Waals surface area contributed by atoms with Gasteiger partial charge in [-0.05, 0) is 118 Å². The average Bonchev–Trinajstić information content (AvgIpc) is 3.66. The topological polar surface area (TPSA) is 99.5 Å². The van der Waals surface area contributed by atoms with E-state index >= 15 is 0 Å². The number of likely N-dealkylation sites (tertiary alicyclic amines) is 2. The molecule has 0 bridgehead atoms. The summed E-state index contributed by atoms with van der Waals surface area (Å²) in [4.78, 5) is 29.0. The minimum Gasteiger partial charge on any atom is -0.411 e. The molecule has 278 valence electrons. The molecule has 0 aromatic heterocycles. The van der Waals surface area contributed by atoms with Crippen molar-refractivity contribution in [1.29, 1.82) is 0 Å². The molecule has 1 N–H and O–H groups in total. The molecule has 2 aliphatic heterocycles. The van der Waals surface area contributed by atoms with E-state index in [9.17, 15) is 41.0 Å². The minimum atomic E-state index is -5.61. The predicted octanol–water partition coefficient (Wildman–Crippen LogP) is 7.69. The number of piperidine rings is 1. The van der Waals surface area contributed by atoms with Gasteiger partial charge in [-0.25, -0.2) is 4.79 Å². The summed E-state index contributed by atoms with van der Waals surface area (Å²) in [6.07, 6.45) is 0.449. The van der Waals surface area contributed by atoms with Crippen LogP contribution in [0.15, 0.2) is 23.4 Å². The van der Waals surface area contributed by atoms with E-state index in [1.165, 1.54) is 5.56 Å². The van der Waals surface area contributed by atoms with Crippen molar-refractivity contribution >= 4 is 28.5 Å². The van der Waals surface area contributed by atoms with Crippen LogP contribution in [0.1, 0.15) is 101 Å². The fourth-order valence-electron chi connectivity index (χ4n) is 9.85. The van der Waals surface area contributed by atoms with E-state index in [4.69, 9.17) is 4.74 Å². The first-order chi connectivity index (χ1) is 23.7. The molecule has 50 heavy (non-hydrogen) atoms. The van der Waals surface area contributed by atoms with E-state index in [2.05, 4.69) is 18.1 Å². The number of oxime groups is 1. The van der Waals surface area contributed by atoms with Gasteiger partial charge >= 0.3 is 18.2 Å². The summed E-state index contributed by atoms with van der Waals surface area (Å²) in [5.41, 5.74) is 2.94. The predicted molar refractivity (Wildman–Crippen MR) is 178 cm³/mol. The summed E-state index contributed by atoms with van der Waals surface area (Å²) in [7, 11) is -1.51. The van der Waals surface area contributed by atoms with Crippen molar-refractivity contribution in [3.63, 3.8) is 0 Å². The third kappa shape index (κ3) is 7.42. The number of hydrogen-bond donors (Lipinski definition) is 1. The maximum Gasteiger partial charge on any atom is 0.453 e. The Kier molecular flexibility index (Phi) is 10.9. The molecule has 5 aliphatic rings. The van der Waals surface area contributed by atoms with Crippen LogP contribution >= 0.6 is 0 Å². The SMILES string of the molecule is C[C@]12CC[C@@H]3c4ccc(OC(=O)N5CCC(N6CCCC6=O)CC5)cc4C[C@@H](CCCS(=O)CCCC(F)(F)C(F)(F)F)[C@H]3[C@@H]1CC/C2=N/O. The van der Waals surface area contributed by atoms with E-state index < -0.39 is 41.8 Å². The molecule has 1 aromatic carbocycles. The quantitative estimate of drug-likeness (QED) is 0.151. The largest absolute Gasteiger partial charge is 0.453 e. The van der Waals surface area contributed by atoms with Gasteiger partial charge in [0.25, 0.3) is 0 Å². The van der Waals surface area contributed by atoms with Gasteiger partial charge in [0.1, 0.15) is 5.75 Å². The van der Waals surface area contributed by atoms with Crippen LogP contribution in [0.2, 0.25) is 0 Å². The summed E-state index contributed by atoms with van der Waals surface area (Å²) >= 11 is 0. The molecular formula is C36H48F5N3O5S. The molecule has 2 saturated carbocycles. The highest BCUT2D eigenvalue weighted by molar-refractivity contribution is 7.84. The van der Waals surface area contributed by atoms with E-state index in [1.54, 1.807) is 4.90 Å². The minimum absolute atomic E-state index is 0.163. The maximum atomic E-state index is 13.3. The molecule has 6 atom stereocenters. The highest BCUT2D eigenvalue weighted by Crippen LogP contribution is 2.62. The third-order valence-corrected chi connectivity index (χ3v) is 13.9. The smallest absolute Gasteiger partial charge is 0.411 e. The standard InChI is InChI=1S/C36H48F5N3O5S/c1-34-15-11-28-27-8-7-26(49-33(46)43-17-12-25(13-18-43)44-16-2-6-31(44)45)22-24(27)21-23(32(28)29(34)9-10-30(34)42-47)5-3-19-50(48)20-4-14-35(37,38)36(39,40)41/h7-8,22-23,25,28-29,32,47H,2-6,9-21H2,1H3/b42-30-/t23-,28-,29+,32-,34+,50?/m1/s1. The lowest BCUT2D eigenvalue weighted by Gasteiger charge is -2.52. The second-order valence-corrected chi connectivity index (χ2v) is 16.9. The second-order valence-electron chi connectivity index (χ2n) is 15.2. The molecule has 0 radical (unpaired) electrons. The lowest BCUT2D eigenvalue weighted by Crippen LogP contribution is -2.47. The van der Waals surface area contributed by atoms with Gasteiger partial charge in [0, 0.05) is 66.2 Å². The van der Waals surface area contributed by atoms with Crippen molar-refractivity contribution in [1.82, 2.24) is 9.80 Å². The Hall–Kier alpha value is -2.77. The van der Waals surface area contributed by atoms with Gasteiger partial charge in [-0.3, -0.25) is 9.00 Å². The second kappa shape index (κ2) is 14.7. The molecule has 2 heterocycles. The van der Waals surface area contributed by atoms with Crippen LogP contribution in [0.25, 0.3) is 0 Å². The van der Waals surface area contributed by atoms with Crippen LogP contribution in [0, 0.1) is 23.2 Å². The average molecular weight is 730 g/mol. The Labute approximate surface area is 292 Å². The van der Waals surface area contributed by atoms with Crippen LogP contribution < -0.4 is 4.74 Å². The van der Waals surface area contributed by atoms with Crippen LogP contribution in [0.3, 0.4) is 0 Å². The van der Waals surface area contributed by atoms with Crippen LogP contribution in [-0.2, 0) is 22.0 Å². The summed E-state index contributed by atoms with van der Waals surface area (Å²) in [6, 6.07) is 6.05. The van der Waals surface area contributed by atoms with Gasteiger partial charge in [-0.15, -0.1) is 0 Å². The van der Waals surface area contributed by atoms with Crippen molar-refractivity contribution < 1.29 is 45.7 Å². The van der Waals surface area contributed by atoms with E-state index in [0.717, 1.165) is 62.8 Å². The number of ether oxygens (including phenoxy) is 1. The first-order valence-electron chi connectivity index (χ1n) is 18.1. The number of amides is 2. The monoisotopic (exact) mass is 729 g/mol. The van der Waals surface area contributed by atoms with E-state index in [0.29, 0.717) is 44.5 Å². The highest BCUT2D eigenvalue weighted by Gasteiger charge is 2.57. The lowest BCUT2D eigenvalue weighted by atomic mass is 9.52. The summed E-state index contributed by atoms with van der Waals surface area (Å²) in [6.45, 7) is 4.01. The van der Waals surface area contributed by atoms with Gasteiger partial charge in [0.15, 0.2) is 0 Å². The first-order valence-corrected chi connectivity index (χ1v) is 19.6. The van der Waals surface area contributed by atoms with Crippen molar-refractivity contribution in [3.05, 3.63) is 29.3 Å². The summed E-state index contributed by atoms with van der Waals surface area (Å²) in [5, 5.41) is 13.5. The Morgan fingerprint density at radius 3 is 2.48 bits per heavy atom. The molecule has 4 fully saturated rings. The summed E-state index contributed by atoms with van der Waals surface area (Å²) < 4.78 is 82.8. The Morgan fingerprint density at radius 1 is 1.06 bits per heavy atom. The van der Waals surface area contributed by atoms with Gasteiger partial charge < -0.3 is 19.7 Å². The molecular weight excluding hydrogens is 681 g/mol. The Bertz CT molecular complexity index is 1480. The fraction of sp³-hybridized carbons (Fsp3) is 0.750. The molecule has 1 aromatic rings. The van der Waals surface area contributed by atoms with Crippen LogP contribution in [0.5, 0.6) is 5.75 Å². The third-order valence-electron chi connectivity index (χ3n) is 12.4. The number of rotatable bonds is 10. The number of benzene rings is 1. The number of carbonyl (C=O) groups is 2. The zero-order chi connectivity index (χ0) is 35.8. The van der Waals surface area contributed by atoms with Crippen LogP contribution in [-0.4, -0.2) is 86.2 Å². The number of halogens is 5. The first kappa shape index (κ1) is 37.0. The highest BCUT2D eigenvalue weighted by atomic mass is 32.2. The number of hydrogen-bond acceptors (Lipinski definition) is 6. The van der Waals surface area contributed by atoms with Gasteiger partial charge in [0.2, 0.25) is 5.91 Å². The maximum absolute atomic E-state index is 13.3. The molecule has 2 amide bonds. The molecule has 3 aliphatic carbocycles. The number of carbonyl (C=O) groups excluding carboxylic acids is 2. The molecule has 14 heteroatoms. The normalized spacial score (nSPS) is 30.3. The van der Waals surface area contributed by atoms with Gasteiger partial charge in [-0.1, -0.05) is 18.1 Å². The van der Waals surface area contributed by atoms with Gasteiger partial charge in [0.05, 0.1) is 5.71 Å². The Balaban J connectivity index is 1.11. The van der Waals surface area contributed by atoms with Crippen molar-refractivity contribution in [2.45, 2.75) is 114 Å².